The highest BCUT2D eigenvalue weighted by molar-refractivity contribution is 7.14. The third-order valence-electron chi connectivity index (χ3n) is 3.37. The molecule has 3 rings (SSSR count). The molecule has 1 aromatic heterocycles. The van der Waals surface area contributed by atoms with E-state index < -0.39 is 0 Å². The molecule has 0 unspecified atom stereocenters. The second kappa shape index (κ2) is 7.33. The number of amides is 1. The van der Waals surface area contributed by atoms with Gasteiger partial charge < -0.3 is 4.74 Å². The molecular weight excluding hydrogens is 327 g/mol. The van der Waals surface area contributed by atoms with Gasteiger partial charge in [-0.25, -0.2) is 9.37 Å². The number of anilines is 1. The highest BCUT2D eigenvalue weighted by Gasteiger charge is 2.10. The molecule has 0 aliphatic carbocycles. The lowest BCUT2D eigenvalue weighted by Crippen LogP contribution is -2.11. The lowest BCUT2D eigenvalue weighted by Gasteiger charge is -2.03. The van der Waals surface area contributed by atoms with Gasteiger partial charge in [0.05, 0.1) is 12.3 Å². The summed E-state index contributed by atoms with van der Waals surface area (Å²) in [5.74, 6) is -0.554. The third kappa shape index (κ3) is 3.84. The van der Waals surface area contributed by atoms with Gasteiger partial charge in [0.1, 0.15) is 5.82 Å². The Morgan fingerprint density at radius 1 is 1.25 bits per heavy atom. The van der Waals surface area contributed by atoms with Crippen LogP contribution in [-0.4, -0.2) is 18.0 Å². The van der Waals surface area contributed by atoms with Crippen LogP contribution >= 0.6 is 11.3 Å². The number of nitrogens with zero attached hydrogens (tertiary/aromatic N) is 1. The lowest BCUT2D eigenvalue weighted by atomic mass is 10.1. The van der Waals surface area contributed by atoms with E-state index in [1.807, 2.05) is 12.1 Å². The number of halogens is 1. The average molecular weight is 342 g/mol. The van der Waals surface area contributed by atoms with Crippen LogP contribution in [0.2, 0.25) is 0 Å². The fourth-order valence-electron chi connectivity index (χ4n) is 2.20. The van der Waals surface area contributed by atoms with Crippen LogP contribution in [0.4, 0.5) is 9.52 Å². The summed E-state index contributed by atoms with van der Waals surface area (Å²) in [6, 6.07) is 13.4. The monoisotopic (exact) mass is 342 g/mol. The van der Waals surface area contributed by atoms with E-state index in [1.54, 1.807) is 36.8 Å². The van der Waals surface area contributed by atoms with Gasteiger partial charge in [-0.2, -0.15) is 0 Å². The largest absolute Gasteiger partial charge is 0.380 e. The number of aromatic nitrogens is 1. The van der Waals surface area contributed by atoms with Gasteiger partial charge in [0.25, 0.3) is 5.91 Å². The molecule has 4 nitrogen and oxygen atoms in total. The van der Waals surface area contributed by atoms with Gasteiger partial charge in [0.2, 0.25) is 0 Å². The van der Waals surface area contributed by atoms with Crippen molar-refractivity contribution in [2.45, 2.75) is 6.61 Å². The molecule has 6 heteroatoms. The Bertz CT molecular complexity index is 846. The van der Waals surface area contributed by atoms with Crippen LogP contribution in [0.5, 0.6) is 0 Å². The fraction of sp³-hybridized carbons (Fsp3) is 0.111. The standard InChI is InChI=1S/C18H15FN2O2S/c1-23-10-12-5-7-13(8-6-12)17(22)21-18-20-16(11-24-18)14-3-2-4-15(19)9-14/h2-9,11H,10H2,1H3,(H,20,21,22). The summed E-state index contributed by atoms with van der Waals surface area (Å²) >= 11 is 1.30. The van der Waals surface area contributed by atoms with Gasteiger partial charge in [-0.15, -0.1) is 11.3 Å². The van der Waals surface area contributed by atoms with E-state index >= 15 is 0 Å². The summed E-state index contributed by atoms with van der Waals surface area (Å²) in [6.45, 7) is 0.505. The van der Waals surface area contributed by atoms with E-state index in [4.69, 9.17) is 4.74 Å². The molecule has 0 atom stereocenters. The number of hydrogen-bond donors (Lipinski definition) is 1. The zero-order chi connectivity index (χ0) is 16.9. The van der Waals surface area contributed by atoms with Gasteiger partial charge in [0, 0.05) is 23.6 Å². The Labute approximate surface area is 142 Å². The number of carbonyl (C=O) groups is 1. The van der Waals surface area contributed by atoms with Crippen LogP contribution in [0.25, 0.3) is 11.3 Å². The van der Waals surface area contributed by atoms with Crippen molar-refractivity contribution in [1.82, 2.24) is 4.98 Å². The van der Waals surface area contributed by atoms with Crippen molar-refractivity contribution in [3.05, 3.63) is 70.9 Å². The Morgan fingerprint density at radius 2 is 2.04 bits per heavy atom. The van der Waals surface area contributed by atoms with E-state index in [0.717, 1.165) is 5.56 Å². The highest BCUT2D eigenvalue weighted by Crippen LogP contribution is 2.25. The van der Waals surface area contributed by atoms with E-state index in [-0.39, 0.29) is 11.7 Å². The lowest BCUT2D eigenvalue weighted by molar-refractivity contribution is 0.102. The Kier molecular flexibility index (Phi) is 4.98. The van der Waals surface area contributed by atoms with Crippen LogP contribution in [0.1, 0.15) is 15.9 Å². The smallest absolute Gasteiger partial charge is 0.257 e. The first-order valence-corrected chi connectivity index (χ1v) is 8.14. The molecule has 0 bridgehead atoms. The second-order valence-corrected chi connectivity index (χ2v) is 5.99. The Morgan fingerprint density at radius 3 is 2.75 bits per heavy atom. The van der Waals surface area contributed by atoms with E-state index in [0.29, 0.717) is 28.6 Å². The number of carbonyl (C=O) groups excluding carboxylic acids is 1. The number of benzene rings is 2. The minimum atomic E-state index is -0.317. The summed E-state index contributed by atoms with van der Waals surface area (Å²) in [5.41, 5.74) is 2.84. The number of ether oxygens (including phenoxy) is 1. The predicted molar refractivity (Wildman–Crippen MR) is 92.6 cm³/mol. The molecule has 1 heterocycles. The first-order valence-electron chi connectivity index (χ1n) is 7.26. The number of rotatable bonds is 5. The minimum Gasteiger partial charge on any atom is -0.380 e. The van der Waals surface area contributed by atoms with Crippen LogP contribution in [-0.2, 0) is 11.3 Å². The molecule has 0 spiro atoms. The summed E-state index contributed by atoms with van der Waals surface area (Å²) in [4.78, 5) is 16.6. The molecule has 0 aliphatic rings. The maximum Gasteiger partial charge on any atom is 0.257 e. The molecule has 0 aliphatic heterocycles. The van der Waals surface area contributed by atoms with E-state index in [2.05, 4.69) is 10.3 Å². The molecule has 0 fully saturated rings. The number of nitrogens with one attached hydrogen (secondary N) is 1. The van der Waals surface area contributed by atoms with Crippen molar-refractivity contribution in [3.8, 4) is 11.3 Å². The van der Waals surface area contributed by atoms with E-state index in [9.17, 15) is 9.18 Å². The summed E-state index contributed by atoms with van der Waals surface area (Å²) in [5, 5.41) is 5.01. The third-order valence-corrected chi connectivity index (χ3v) is 4.13. The minimum absolute atomic E-state index is 0.237. The van der Waals surface area contributed by atoms with Gasteiger partial charge in [-0.3, -0.25) is 10.1 Å². The maximum absolute atomic E-state index is 13.3. The maximum atomic E-state index is 13.3. The average Bonchev–Trinajstić information content (AvgIpc) is 3.04. The van der Waals surface area contributed by atoms with Gasteiger partial charge in [-0.05, 0) is 29.8 Å². The van der Waals surface area contributed by atoms with Gasteiger partial charge in [-0.1, -0.05) is 24.3 Å². The molecule has 3 aromatic rings. The first-order chi connectivity index (χ1) is 11.7. The normalized spacial score (nSPS) is 10.6. The molecule has 0 saturated heterocycles. The van der Waals surface area contributed by atoms with Crippen LogP contribution < -0.4 is 5.32 Å². The van der Waals surface area contributed by atoms with Crippen molar-refractivity contribution < 1.29 is 13.9 Å². The van der Waals surface area contributed by atoms with Crippen molar-refractivity contribution in [2.75, 3.05) is 12.4 Å². The number of hydrogen-bond acceptors (Lipinski definition) is 4. The fourth-order valence-corrected chi connectivity index (χ4v) is 2.91. The van der Waals surface area contributed by atoms with Crippen LogP contribution in [0, 0.1) is 5.82 Å². The molecule has 24 heavy (non-hydrogen) atoms. The summed E-state index contributed by atoms with van der Waals surface area (Å²) in [7, 11) is 1.62. The highest BCUT2D eigenvalue weighted by atomic mass is 32.1. The van der Waals surface area contributed by atoms with E-state index in [1.165, 1.54) is 23.5 Å². The summed E-state index contributed by atoms with van der Waals surface area (Å²) < 4.78 is 18.3. The molecule has 122 valence electrons. The SMILES string of the molecule is COCc1ccc(C(=O)Nc2nc(-c3cccc(F)c3)cs2)cc1. The molecule has 0 radical (unpaired) electrons. The predicted octanol–water partition coefficient (Wildman–Crippen LogP) is 4.35. The molecule has 0 saturated carbocycles. The zero-order valence-corrected chi connectivity index (χ0v) is 13.8. The van der Waals surface area contributed by atoms with Crippen molar-refractivity contribution >= 4 is 22.4 Å². The molecule has 1 amide bonds. The topological polar surface area (TPSA) is 51.2 Å². The van der Waals surface area contributed by atoms with Gasteiger partial charge >= 0.3 is 0 Å². The Balaban J connectivity index is 1.71. The van der Waals surface area contributed by atoms with Gasteiger partial charge in [0.15, 0.2) is 5.13 Å². The Hall–Kier alpha value is -2.57. The second-order valence-electron chi connectivity index (χ2n) is 5.13. The zero-order valence-electron chi connectivity index (χ0n) is 13.0. The quantitative estimate of drug-likeness (QED) is 0.750. The summed E-state index contributed by atoms with van der Waals surface area (Å²) in [6.07, 6.45) is 0. The number of methoxy groups -OCH3 is 1. The number of thiazole rings is 1. The van der Waals surface area contributed by atoms with Crippen molar-refractivity contribution in [1.29, 1.82) is 0 Å². The first kappa shape index (κ1) is 16.3. The van der Waals surface area contributed by atoms with Crippen molar-refractivity contribution in [3.63, 3.8) is 0 Å². The molecular formula is C18H15FN2O2S. The van der Waals surface area contributed by atoms with Crippen LogP contribution in [0.15, 0.2) is 53.9 Å². The van der Waals surface area contributed by atoms with Crippen LogP contribution in [0.3, 0.4) is 0 Å². The molecule has 2 aromatic carbocycles. The van der Waals surface area contributed by atoms with Crippen molar-refractivity contribution in [2.24, 2.45) is 0 Å². The molecule has 1 N–H and O–H groups in total.